The van der Waals surface area contributed by atoms with Crippen molar-refractivity contribution >= 4 is 5.91 Å². The Balaban J connectivity index is 1.62. The summed E-state index contributed by atoms with van der Waals surface area (Å²) in [6, 6.07) is 7.63. The van der Waals surface area contributed by atoms with E-state index in [0.29, 0.717) is 31.6 Å². The molecule has 0 aromatic heterocycles. The van der Waals surface area contributed by atoms with Gasteiger partial charge in [0, 0.05) is 31.7 Å². The average molecular weight is 304 g/mol. The van der Waals surface area contributed by atoms with Gasteiger partial charge in [-0.3, -0.25) is 9.69 Å². The van der Waals surface area contributed by atoms with Crippen LogP contribution in [-0.4, -0.2) is 72.4 Å². The number of rotatable bonds is 3. The molecule has 0 unspecified atom stereocenters. The second-order valence-electron chi connectivity index (χ2n) is 6.46. The Morgan fingerprint density at radius 1 is 1.32 bits per heavy atom. The van der Waals surface area contributed by atoms with Crippen LogP contribution < -0.4 is 0 Å². The highest BCUT2D eigenvalue weighted by atomic mass is 16.5. The lowest BCUT2D eigenvalue weighted by Crippen LogP contribution is -2.49. The molecule has 2 heterocycles. The van der Waals surface area contributed by atoms with E-state index in [-0.39, 0.29) is 5.91 Å². The third kappa shape index (κ3) is 3.48. The Bertz CT molecular complexity index is 542. The number of carbonyl (C=O) groups excluding carboxylic acids is 1. The number of hydrogen-bond donors (Lipinski definition) is 1. The lowest BCUT2D eigenvalue weighted by molar-refractivity contribution is -0.0257. The van der Waals surface area contributed by atoms with Crippen molar-refractivity contribution in [3.63, 3.8) is 0 Å². The maximum Gasteiger partial charge on any atom is 0.253 e. The van der Waals surface area contributed by atoms with Gasteiger partial charge in [0.2, 0.25) is 0 Å². The minimum atomic E-state index is -0.795. The van der Waals surface area contributed by atoms with Gasteiger partial charge in [0.05, 0.1) is 25.4 Å². The van der Waals surface area contributed by atoms with E-state index in [1.165, 1.54) is 0 Å². The van der Waals surface area contributed by atoms with Gasteiger partial charge in [0.15, 0.2) is 0 Å². The van der Waals surface area contributed by atoms with Gasteiger partial charge in [-0.05, 0) is 25.5 Å². The molecule has 5 heteroatoms. The SMILES string of the molecule is Cc1cccc(C(=O)N2CC[C@@](O)(CN3CCOCC3)C2)c1. The number of nitrogens with zero attached hydrogens (tertiary/aromatic N) is 2. The van der Waals surface area contributed by atoms with Crippen LogP contribution in [0.1, 0.15) is 22.3 Å². The summed E-state index contributed by atoms with van der Waals surface area (Å²) >= 11 is 0. The molecular formula is C17H24N2O3. The molecule has 0 radical (unpaired) electrons. The molecule has 22 heavy (non-hydrogen) atoms. The first-order valence-electron chi connectivity index (χ1n) is 7.94. The van der Waals surface area contributed by atoms with Gasteiger partial charge >= 0.3 is 0 Å². The molecule has 1 atom stereocenters. The van der Waals surface area contributed by atoms with Crippen molar-refractivity contribution in [2.45, 2.75) is 18.9 Å². The van der Waals surface area contributed by atoms with E-state index in [1.807, 2.05) is 31.2 Å². The number of benzene rings is 1. The molecule has 3 rings (SSSR count). The van der Waals surface area contributed by atoms with Crippen molar-refractivity contribution in [1.82, 2.24) is 9.80 Å². The number of aryl methyl sites for hydroxylation is 1. The molecule has 0 saturated carbocycles. The summed E-state index contributed by atoms with van der Waals surface area (Å²) in [6.07, 6.45) is 0.641. The van der Waals surface area contributed by atoms with Crippen LogP contribution in [-0.2, 0) is 4.74 Å². The van der Waals surface area contributed by atoms with Crippen molar-refractivity contribution in [2.24, 2.45) is 0 Å². The Kier molecular flexibility index (Phi) is 4.47. The number of likely N-dealkylation sites (tertiary alicyclic amines) is 1. The third-order valence-corrected chi connectivity index (χ3v) is 4.51. The second kappa shape index (κ2) is 6.36. The largest absolute Gasteiger partial charge is 0.387 e. The summed E-state index contributed by atoms with van der Waals surface area (Å²) < 4.78 is 5.34. The molecule has 1 aromatic carbocycles. The molecule has 5 nitrogen and oxygen atoms in total. The van der Waals surface area contributed by atoms with Crippen LogP contribution >= 0.6 is 0 Å². The summed E-state index contributed by atoms with van der Waals surface area (Å²) in [5.41, 5.74) is 0.987. The molecule has 1 aromatic rings. The minimum Gasteiger partial charge on any atom is -0.387 e. The van der Waals surface area contributed by atoms with Crippen LogP contribution in [0.3, 0.4) is 0 Å². The quantitative estimate of drug-likeness (QED) is 0.902. The number of hydrogen-bond acceptors (Lipinski definition) is 4. The average Bonchev–Trinajstić information content (AvgIpc) is 2.89. The van der Waals surface area contributed by atoms with Crippen molar-refractivity contribution in [3.05, 3.63) is 35.4 Å². The first-order chi connectivity index (χ1) is 10.6. The number of amides is 1. The number of ether oxygens (including phenoxy) is 1. The van der Waals surface area contributed by atoms with E-state index in [1.54, 1.807) is 4.90 Å². The highest BCUT2D eigenvalue weighted by Gasteiger charge is 2.39. The van der Waals surface area contributed by atoms with Gasteiger partial charge in [-0.15, -0.1) is 0 Å². The fourth-order valence-electron chi connectivity index (χ4n) is 3.30. The maximum atomic E-state index is 12.6. The van der Waals surface area contributed by atoms with Gasteiger partial charge in [-0.2, -0.15) is 0 Å². The molecule has 2 saturated heterocycles. The third-order valence-electron chi connectivity index (χ3n) is 4.51. The topological polar surface area (TPSA) is 53.0 Å². The van der Waals surface area contributed by atoms with Gasteiger partial charge in [0.25, 0.3) is 5.91 Å². The first-order valence-corrected chi connectivity index (χ1v) is 7.94. The second-order valence-corrected chi connectivity index (χ2v) is 6.46. The maximum absolute atomic E-state index is 12.6. The lowest BCUT2D eigenvalue weighted by atomic mass is 10.0. The van der Waals surface area contributed by atoms with Crippen molar-refractivity contribution in [1.29, 1.82) is 0 Å². The summed E-state index contributed by atoms with van der Waals surface area (Å²) in [6.45, 7) is 6.79. The summed E-state index contributed by atoms with van der Waals surface area (Å²) in [4.78, 5) is 16.6. The Labute approximate surface area is 131 Å². The molecule has 1 N–H and O–H groups in total. The first kappa shape index (κ1) is 15.5. The Morgan fingerprint density at radius 3 is 2.82 bits per heavy atom. The van der Waals surface area contributed by atoms with Crippen LogP contribution in [0.2, 0.25) is 0 Å². The van der Waals surface area contributed by atoms with Gasteiger partial charge < -0.3 is 14.7 Å². The molecule has 0 spiro atoms. The lowest BCUT2D eigenvalue weighted by Gasteiger charge is -2.33. The molecule has 1 amide bonds. The smallest absolute Gasteiger partial charge is 0.253 e. The highest BCUT2D eigenvalue weighted by molar-refractivity contribution is 5.94. The van der Waals surface area contributed by atoms with E-state index in [0.717, 1.165) is 31.9 Å². The fourth-order valence-corrected chi connectivity index (χ4v) is 3.30. The summed E-state index contributed by atoms with van der Waals surface area (Å²) in [7, 11) is 0. The predicted octanol–water partition coefficient (Wildman–Crippen LogP) is 0.904. The molecule has 2 aliphatic heterocycles. The molecule has 2 fully saturated rings. The predicted molar refractivity (Wildman–Crippen MR) is 83.9 cm³/mol. The van der Waals surface area contributed by atoms with Gasteiger partial charge in [-0.25, -0.2) is 0 Å². The van der Waals surface area contributed by atoms with E-state index in [2.05, 4.69) is 4.90 Å². The van der Waals surface area contributed by atoms with Crippen LogP contribution in [0.15, 0.2) is 24.3 Å². The van der Waals surface area contributed by atoms with E-state index < -0.39 is 5.60 Å². The number of morpholine rings is 1. The molecule has 0 bridgehead atoms. The van der Waals surface area contributed by atoms with E-state index >= 15 is 0 Å². The Morgan fingerprint density at radius 2 is 2.09 bits per heavy atom. The standard InChI is InChI=1S/C17H24N2O3/c1-14-3-2-4-15(11-14)16(20)19-6-5-17(21,13-19)12-18-7-9-22-10-8-18/h2-4,11,21H,5-10,12-13H2,1H3/t17-/m1/s1. The highest BCUT2D eigenvalue weighted by Crippen LogP contribution is 2.24. The zero-order valence-corrected chi connectivity index (χ0v) is 13.1. The van der Waals surface area contributed by atoms with Gasteiger partial charge in [0.1, 0.15) is 0 Å². The monoisotopic (exact) mass is 304 g/mol. The minimum absolute atomic E-state index is 0.0154. The molecule has 0 aliphatic carbocycles. The number of aliphatic hydroxyl groups is 1. The van der Waals surface area contributed by atoms with E-state index in [4.69, 9.17) is 4.74 Å². The van der Waals surface area contributed by atoms with Crippen LogP contribution in [0.25, 0.3) is 0 Å². The summed E-state index contributed by atoms with van der Waals surface area (Å²) in [5.74, 6) is 0.0154. The molecule has 2 aliphatic rings. The number of carbonyl (C=O) groups is 1. The van der Waals surface area contributed by atoms with Crippen molar-refractivity contribution in [2.75, 3.05) is 45.9 Å². The Hall–Kier alpha value is -1.43. The van der Waals surface area contributed by atoms with Crippen LogP contribution in [0.5, 0.6) is 0 Å². The zero-order valence-electron chi connectivity index (χ0n) is 13.1. The summed E-state index contributed by atoms with van der Waals surface area (Å²) in [5, 5.41) is 10.8. The van der Waals surface area contributed by atoms with Crippen LogP contribution in [0.4, 0.5) is 0 Å². The molecule has 120 valence electrons. The zero-order chi connectivity index (χ0) is 15.6. The normalized spacial score (nSPS) is 26.4. The fraction of sp³-hybridized carbons (Fsp3) is 0.588. The van der Waals surface area contributed by atoms with E-state index in [9.17, 15) is 9.90 Å². The molecular weight excluding hydrogens is 280 g/mol. The van der Waals surface area contributed by atoms with Crippen LogP contribution in [0, 0.1) is 6.92 Å². The van der Waals surface area contributed by atoms with Crippen molar-refractivity contribution < 1.29 is 14.6 Å². The van der Waals surface area contributed by atoms with Crippen molar-refractivity contribution in [3.8, 4) is 0 Å². The number of β-amino-alcohol motifs (C(OH)–C–C–N with tert-alkyl or cyclic N) is 1. The van der Waals surface area contributed by atoms with Gasteiger partial charge in [-0.1, -0.05) is 17.7 Å².